The highest BCUT2D eigenvalue weighted by Crippen LogP contribution is 2.11. The summed E-state index contributed by atoms with van der Waals surface area (Å²) in [5.74, 6) is 0. The molecule has 1 atom stereocenters. The summed E-state index contributed by atoms with van der Waals surface area (Å²) in [4.78, 5) is 11.8. The Labute approximate surface area is 126 Å². The molecule has 0 aliphatic heterocycles. The molecule has 1 rings (SSSR count). The fourth-order valence-corrected chi connectivity index (χ4v) is 1.64. The summed E-state index contributed by atoms with van der Waals surface area (Å²) >= 11 is 0. The van der Waals surface area contributed by atoms with Gasteiger partial charge in [0.1, 0.15) is 5.60 Å². The molecule has 0 aliphatic rings. The van der Waals surface area contributed by atoms with E-state index in [1.165, 1.54) is 0 Å². The largest absolute Gasteiger partial charge is 0.444 e. The summed E-state index contributed by atoms with van der Waals surface area (Å²) < 4.78 is 10.8. The Kier molecular flexibility index (Phi) is 6.18. The lowest BCUT2D eigenvalue weighted by Crippen LogP contribution is -2.53. The highest BCUT2D eigenvalue weighted by atomic mass is 16.6. The number of benzene rings is 1. The van der Waals surface area contributed by atoms with Crippen LogP contribution in [0.25, 0.3) is 0 Å². The molecule has 5 nitrogen and oxygen atoms in total. The van der Waals surface area contributed by atoms with E-state index < -0.39 is 17.2 Å². The summed E-state index contributed by atoms with van der Waals surface area (Å²) in [7, 11) is 0. The molecule has 1 amide bonds. The third-order valence-electron chi connectivity index (χ3n) is 2.68. The highest BCUT2D eigenvalue weighted by Gasteiger charge is 2.28. The molecule has 0 saturated carbocycles. The number of ether oxygens (including phenoxy) is 2. The molecule has 118 valence electrons. The smallest absolute Gasteiger partial charge is 0.408 e. The van der Waals surface area contributed by atoms with Crippen LogP contribution in [0.4, 0.5) is 4.79 Å². The molecule has 0 heterocycles. The fraction of sp³-hybridized carbons (Fsp3) is 0.562. The van der Waals surface area contributed by atoms with Crippen molar-refractivity contribution in [3.8, 4) is 0 Å². The van der Waals surface area contributed by atoms with Crippen LogP contribution >= 0.6 is 0 Å². The molecule has 1 aromatic rings. The summed E-state index contributed by atoms with van der Waals surface area (Å²) in [6.07, 6.45) is -0.567. The molecule has 1 aromatic carbocycles. The van der Waals surface area contributed by atoms with Gasteiger partial charge < -0.3 is 19.9 Å². The predicted octanol–water partition coefficient (Wildman–Crippen LogP) is 2.48. The van der Waals surface area contributed by atoms with Crippen LogP contribution in [0.5, 0.6) is 0 Å². The zero-order chi connectivity index (χ0) is 15.9. The average Bonchev–Trinajstić information content (AvgIpc) is 2.37. The first-order valence-electron chi connectivity index (χ1n) is 6.98. The molecule has 0 spiro atoms. The monoisotopic (exact) mass is 295 g/mol. The summed E-state index contributed by atoms with van der Waals surface area (Å²) in [6, 6.07) is 9.71. The van der Waals surface area contributed by atoms with Gasteiger partial charge in [-0.3, -0.25) is 0 Å². The van der Waals surface area contributed by atoms with Gasteiger partial charge in [-0.05, 0) is 33.3 Å². The van der Waals surface area contributed by atoms with Crippen molar-refractivity contribution in [3.63, 3.8) is 0 Å². The molecule has 21 heavy (non-hydrogen) atoms. The number of aliphatic hydroxyl groups is 1. The van der Waals surface area contributed by atoms with Crippen molar-refractivity contribution >= 4 is 6.09 Å². The Morgan fingerprint density at radius 1 is 1.19 bits per heavy atom. The van der Waals surface area contributed by atoms with Gasteiger partial charge in [-0.1, -0.05) is 30.3 Å². The topological polar surface area (TPSA) is 67.8 Å². The minimum Gasteiger partial charge on any atom is -0.444 e. The van der Waals surface area contributed by atoms with Gasteiger partial charge in [0.15, 0.2) is 0 Å². The Balaban J connectivity index is 2.46. The quantitative estimate of drug-likeness (QED) is 0.846. The maximum atomic E-state index is 11.8. The van der Waals surface area contributed by atoms with Gasteiger partial charge >= 0.3 is 6.09 Å². The molecule has 0 aromatic heterocycles. The van der Waals surface area contributed by atoms with E-state index in [1.54, 1.807) is 27.7 Å². The van der Waals surface area contributed by atoms with E-state index in [2.05, 4.69) is 5.32 Å². The number of alkyl carbamates (subject to hydrolysis) is 1. The zero-order valence-corrected chi connectivity index (χ0v) is 13.2. The maximum absolute atomic E-state index is 11.8. The number of rotatable bonds is 6. The van der Waals surface area contributed by atoms with Crippen LogP contribution in [0.15, 0.2) is 30.3 Å². The molecule has 0 unspecified atom stereocenters. The van der Waals surface area contributed by atoms with Gasteiger partial charge in [-0.15, -0.1) is 0 Å². The lowest BCUT2D eigenvalue weighted by atomic mass is 10.1. The van der Waals surface area contributed by atoms with E-state index in [-0.39, 0.29) is 13.2 Å². The van der Waals surface area contributed by atoms with Crippen LogP contribution in [0.2, 0.25) is 0 Å². The summed E-state index contributed by atoms with van der Waals surface area (Å²) in [6.45, 7) is 7.45. The van der Waals surface area contributed by atoms with Gasteiger partial charge in [0.05, 0.1) is 25.4 Å². The van der Waals surface area contributed by atoms with Crippen molar-refractivity contribution in [3.05, 3.63) is 35.9 Å². The summed E-state index contributed by atoms with van der Waals surface area (Å²) in [5.41, 5.74) is -0.419. The van der Waals surface area contributed by atoms with Crippen molar-refractivity contribution in [2.24, 2.45) is 0 Å². The zero-order valence-electron chi connectivity index (χ0n) is 13.2. The Bertz CT molecular complexity index is 441. The van der Waals surface area contributed by atoms with E-state index in [4.69, 9.17) is 9.47 Å². The van der Waals surface area contributed by atoms with Crippen molar-refractivity contribution in [2.45, 2.75) is 45.4 Å². The van der Waals surface area contributed by atoms with Gasteiger partial charge in [0.25, 0.3) is 0 Å². The number of carbonyl (C=O) groups excluding carboxylic acids is 1. The van der Waals surface area contributed by atoms with Gasteiger partial charge in [-0.2, -0.15) is 0 Å². The molecule has 2 N–H and O–H groups in total. The number of hydrogen-bond donors (Lipinski definition) is 2. The second kappa shape index (κ2) is 7.43. The number of amides is 1. The first-order chi connectivity index (χ1) is 9.74. The van der Waals surface area contributed by atoms with Crippen LogP contribution in [0.3, 0.4) is 0 Å². The Morgan fingerprint density at radius 3 is 2.33 bits per heavy atom. The SMILES string of the molecule is CC(C)(C)OC(=O)N[C@@](C)(CO)COCc1ccccc1. The molecule has 5 heteroatoms. The van der Waals surface area contributed by atoms with Crippen LogP contribution in [-0.2, 0) is 16.1 Å². The highest BCUT2D eigenvalue weighted by molar-refractivity contribution is 5.68. The molecular weight excluding hydrogens is 270 g/mol. The minimum atomic E-state index is -0.878. The van der Waals surface area contributed by atoms with Crippen LogP contribution in [-0.4, -0.2) is 35.6 Å². The van der Waals surface area contributed by atoms with Crippen molar-refractivity contribution in [1.29, 1.82) is 0 Å². The first kappa shape index (κ1) is 17.5. The number of carbonyl (C=O) groups is 1. The number of nitrogens with one attached hydrogen (secondary N) is 1. The maximum Gasteiger partial charge on any atom is 0.408 e. The third-order valence-corrected chi connectivity index (χ3v) is 2.68. The molecule has 0 bridgehead atoms. The molecular formula is C16H25NO4. The van der Waals surface area contributed by atoms with E-state index in [9.17, 15) is 9.90 Å². The summed E-state index contributed by atoms with van der Waals surface area (Å²) in [5, 5.41) is 12.1. The van der Waals surface area contributed by atoms with E-state index in [0.717, 1.165) is 5.56 Å². The number of aliphatic hydroxyl groups excluding tert-OH is 1. The molecule has 0 fully saturated rings. The van der Waals surface area contributed by atoms with E-state index in [0.29, 0.717) is 6.61 Å². The van der Waals surface area contributed by atoms with Gasteiger partial charge in [-0.25, -0.2) is 4.79 Å². The third kappa shape index (κ3) is 7.11. The second-order valence-electron chi connectivity index (χ2n) is 6.32. The fourth-order valence-electron chi connectivity index (χ4n) is 1.64. The second-order valence-corrected chi connectivity index (χ2v) is 6.32. The standard InChI is InChI=1S/C16H25NO4/c1-15(2,3)21-14(19)17-16(4,11-18)12-20-10-13-8-6-5-7-9-13/h5-9,18H,10-12H2,1-4H3,(H,17,19)/t16-/m0/s1. The van der Waals surface area contributed by atoms with Gasteiger partial charge in [0.2, 0.25) is 0 Å². The van der Waals surface area contributed by atoms with Crippen molar-refractivity contribution < 1.29 is 19.4 Å². The van der Waals surface area contributed by atoms with Crippen LogP contribution in [0.1, 0.15) is 33.3 Å². The first-order valence-corrected chi connectivity index (χ1v) is 6.98. The van der Waals surface area contributed by atoms with Crippen LogP contribution in [0, 0.1) is 0 Å². The van der Waals surface area contributed by atoms with Gasteiger partial charge in [0, 0.05) is 0 Å². The van der Waals surface area contributed by atoms with E-state index >= 15 is 0 Å². The molecule has 0 radical (unpaired) electrons. The average molecular weight is 295 g/mol. The normalized spacial score (nSPS) is 14.3. The Hall–Kier alpha value is -1.59. The lowest BCUT2D eigenvalue weighted by Gasteiger charge is -2.30. The lowest BCUT2D eigenvalue weighted by molar-refractivity contribution is 0.0137. The predicted molar refractivity (Wildman–Crippen MR) is 81.0 cm³/mol. The van der Waals surface area contributed by atoms with Crippen LogP contribution < -0.4 is 5.32 Å². The molecule has 0 saturated heterocycles. The minimum absolute atomic E-state index is 0.192. The Morgan fingerprint density at radius 2 is 1.81 bits per heavy atom. The molecule has 0 aliphatic carbocycles. The van der Waals surface area contributed by atoms with Crippen molar-refractivity contribution in [2.75, 3.05) is 13.2 Å². The van der Waals surface area contributed by atoms with Crippen molar-refractivity contribution in [1.82, 2.24) is 5.32 Å². The number of hydrogen-bond acceptors (Lipinski definition) is 4. The van der Waals surface area contributed by atoms with E-state index in [1.807, 2.05) is 30.3 Å².